The Morgan fingerprint density at radius 3 is 3.05 bits per heavy atom. The van der Waals surface area contributed by atoms with Crippen molar-refractivity contribution in [2.24, 2.45) is 4.99 Å². The molecule has 0 saturated heterocycles. The predicted molar refractivity (Wildman–Crippen MR) is 98.9 cm³/mol. The van der Waals surface area contributed by atoms with Crippen molar-refractivity contribution in [3.05, 3.63) is 50.1 Å². The Hall–Kier alpha value is -1.33. The highest BCUT2D eigenvalue weighted by Gasteiger charge is 2.19. The topological polar surface area (TPSA) is 27.6 Å². The fraction of sp³-hybridized carbons (Fsp3) is 0.353. The van der Waals surface area contributed by atoms with Crippen LogP contribution in [0.2, 0.25) is 0 Å². The number of aliphatic imine (C=N–C) groups is 1. The van der Waals surface area contributed by atoms with Crippen molar-refractivity contribution < 1.29 is 0 Å². The molecule has 0 spiro atoms. The summed E-state index contributed by atoms with van der Waals surface area (Å²) in [7, 11) is 0. The van der Waals surface area contributed by atoms with Crippen molar-refractivity contribution in [2.75, 3.05) is 18.4 Å². The Bertz CT molecular complexity index is 693. The molecule has 0 saturated carbocycles. The summed E-state index contributed by atoms with van der Waals surface area (Å²) in [5.74, 6) is 0.983. The van der Waals surface area contributed by atoms with Crippen molar-refractivity contribution >= 4 is 38.9 Å². The van der Waals surface area contributed by atoms with E-state index in [2.05, 4.69) is 68.6 Å². The second-order valence-corrected chi connectivity index (χ2v) is 7.24. The smallest absolute Gasteiger partial charge is 0.198 e. The van der Waals surface area contributed by atoms with E-state index < -0.39 is 0 Å². The quantitative estimate of drug-likeness (QED) is 0.838. The first kappa shape index (κ1) is 15.6. The van der Waals surface area contributed by atoms with Crippen molar-refractivity contribution in [1.29, 1.82) is 0 Å². The van der Waals surface area contributed by atoms with E-state index in [9.17, 15) is 0 Å². The second kappa shape index (κ2) is 6.84. The van der Waals surface area contributed by atoms with Crippen molar-refractivity contribution in [3.8, 4) is 0 Å². The SMILES string of the molecule is CCc1ccsc1CN1CCN=C1Nc1cccc(Br)c1C. The summed E-state index contributed by atoms with van der Waals surface area (Å²) in [6.45, 7) is 7.12. The van der Waals surface area contributed by atoms with Crippen LogP contribution >= 0.6 is 27.3 Å². The first-order chi connectivity index (χ1) is 10.7. The van der Waals surface area contributed by atoms with Gasteiger partial charge in [0, 0.05) is 21.6 Å². The molecule has 3 nitrogen and oxygen atoms in total. The zero-order valence-corrected chi connectivity index (χ0v) is 15.3. The van der Waals surface area contributed by atoms with Crippen LogP contribution in [0.5, 0.6) is 0 Å². The highest BCUT2D eigenvalue weighted by atomic mass is 79.9. The van der Waals surface area contributed by atoms with E-state index in [1.165, 1.54) is 16.0 Å². The average Bonchev–Trinajstić information content (AvgIpc) is 3.14. The summed E-state index contributed by atoms with van der Waals surface area (Å²) in [5.41, 5.74) is 3.78. The van der Waals surface area contributed by atoms with Gasteiger partial charge in [0.1, 0.15) is 0 Å². The number of guanidine groups is 1. The van der Waals surface area contributed by atoms with Crippen LogP contribution in [0.15, 0.2) is 39.1 Å². The molecule has 22 heavy (non-hydrogen) atoms. The fourth-order valence-electron chi connectivity index (χ4n) is 2.61. The molecule has 0 bridgehead atoms. The molecular formula is C17H20BrN3S. The number of anilines is 1. The number of rotatable bonds is 4. The van der Waals surface area contributed by atoms with E-state index >= 15 is 0 Å². The first-order valence-corrected chi connectivity index (χ1v) is 9.23. The molecule has 0 atom stereocenters. The van der Waals surface area contributed by atoms with Gasteiger partial charge in [-0.05, 0) is 48.1 Å². The Balaban J connectivity index is 1.75. The normalized spacial score (nSPS) is 14.3. The number of aryl methyl sites for hydroxylation is 1. The van der Waals surface area contributed by atoms with Gasteiger partial charge in [0.15, 0.2) is 5.96 Å². The molecule has 1 N–H and O–H groups in total. The number of nitrogens with zero attached hydrogens (tertiary/aromatic N) is 2. The Kier molecular flexibility index (Phi) is 4.84. The van der Waals surface area contributed by atoms with Crippen molar-refractivity contribution in [2.45, 2.75) is 26.8 Å². The highest BCUT2D eigenvalue weighted by molar-refractivity contribution is 9.10. The van der Waals surface area contributed by atoms with Crippen LogP contribution in [0.25, 0.3) is 0 Å². The molecule has 2 aromatic rings. The number of hydrogen-bond acceptors (Lipinski definition) is 4. The maximum absolute atomic E-state index is 4.64. The molecule has 1 aliphatic rings. The lowest BCUT2D eigenvalue weighted by Gasteiger charge is -2.22. The summed E-state index contributed by atoms with van der Waals surface area (Å²) in [6.07, 6.45) is 1.09. The minimum atomic E-state index is 0.863. The third-order valence-electron chi connectivity index (χ3n) is 4.00. The number of halogens is 1. The Labute approximate surface area is 144 Å². The maximum Gasteiger partial charge on any atom is 0.198 e. The predicted octanol–water partition coefficient (Wildman–Crippen LogP) is 4.67. The first-order valence-electron chi connectivity index (χ1n) is 7.55. The van der Waals surface area contributed by atoms with Gasteiger partial charge in [-0.2, -0.15) is 0 Å². The molecule has 5 heteroatoms. The maximum atomic E-state index is 4.64. The van der Waals surface area contributed by atoms with Gasteiger partial charge in [-0.1, -0.05) is 28.9 Å². The van der Waals surface area contributed by atoms with Gasteiger partial charge in [0.05, 0.1) is 13.1 Å². The lowest BCUT2D eigenvalue weighted by Crippen LogP contribution is -2.32. The van der Waals surface area contributed by atoms with E-state index in [4.69, 9.17) is 0 Å². The largest absolute Gasteiger partial charge is 0.336 e. The molecule has 0 radical (unpaired) electrons. The number of nitrogens with one attached hydrogen (secondary N) is 1. The third kappa shape index (κ3) is 3.20. The van der Waals surface area contributed by atoms with Gasteiger partial charge in [-0.25, -0.2) is 0 Å². The molecule has 2 heterocycles. The standard InChI is InChI=1S/C17H20BrN3S/c1-3-13-7-10-22-16(13)11-21-9-8-19-17(21)20-15-6-4-5-14(18)12(15)2/h4-7,10H,3,8-9,11H2,1-2H3,(H,19,20). The van der Waals surface area contributed by atoms with Crippen LogP contribution in [-0.2, 0) is 13.0 Å². The van der Waals surface area contributed by atoms with Crippen LogP contribution in [0.4, 0.5) is 5.69 Å². The summed E-state index contributed by atoms with van der Waals surface area (Å²) in [4.78, 5) is 8.43. The summed E-state index contributed by atoms with van der Waals surface area (Å²) < 4.78 is 1.12. The number of hydrogen-bond donors (Lipinski definition) is 1. The molecule has 1 aromatic heterocycles. The number of benzene rings is 1. The molecule has 116 valence electrons. The second-order valence-electron chi connectivity index (χ2n) is 5.39. The molecule has 0 unspecified atom stereocenters. The van der Waals surface area contributed by atoms with E-state index in [0.717, 1.165) is 42.2 Å². The van der Waals surface area contributed by atoms with Gasteiger partial charge in [-0.3, -0.25) is 4.99 Å². The van der Waals surface area contributed by atoms with E-state index in [1.54, 1.807) is 0 Å². The van der Waals surface area contributed by atoms with Crippen LogP contribution in [0.3, 0.4) is 0 Å². The Morgan fingerprint density at radius 2 is 2.23 bits per heavy atom. The van der Waals surface area contributed by atoms with Crippen LogP contribution in [0.1, 0.15) is 22.9 Å². The lowest BCUT2D eigenvalue weighted by atomic mass is 10.2. The zero-order chi connectivity index (χ0) is 15.5. The lowest BCUT2D eigenvalue weighted by molar-refractivity contribution is 0.454. The van der Waals surface area contributed by atoms with Gasteiger partial charge in [0.2, 0.25) is 0 Å². The van der Waals surface area contributed by atoms with E-state index in [-0.39, 0.29) is 0 Å². The van der Waals surface area contributed by atoms with Crippen LogP contribution in [0, 0.1) is 6.92 Å². The summed E-state index contributed by atoms with van der Waals surface area (Å²) in [6, 6.07) is 8.45. The van der Waals surface area contributed by atoms with Gasteiger partial charge in [-0.15, -0.1) is 11.3 Å². The molecule has 0 aliphatic carbocycles. The average molecular weight is 378 g/mol. The molecular weight excluding hydrogens is 358 g/mol. The molecule has 0 amide bonds. The van der Waals surface area contributed by atoms with Crippen LogP contribution in [-0.4, -0.2) is 23.9 Å². The number of thiophene rings is 1. The van der Waals surface area contributed by atoms with Gasteiger partial charge < -0.3 is 10.2 Å². The minimum absolute atomic E-state index is 0.863. The summed E-state index contributed by atoms with van der Waals surface area (Å²) >= 11 is 5.43. The molecule has 1 aliphatic heterocycles. The van der Waals surface area contributed by atoms with Crippen molar-refractivity contribution in [3.63, 3.8) is 0 Å². The Morgan fingerprint density at radius 1 is 1.36 bits per heavy atom. The third-order valence-corrected chi connectivity index (χ3v) is 5.81. The van der Waals surface area contributed by atoms with Gasteiger partial charge in [0.25, 0.3) is 0 Å². The molecule has 3 rings (SSSR count). The zero-order valence-electron chi connectivity index (χ0n) is 12.9. The fourth-order valence-corrected chi connectivity index (χ4v) is 3.97. The highest BCUT2D eigenvalue weighted by Crippen LogP contribution is 2.25. The van der Waals surface area contributed by atoms with E-state index in [1.807, 2.05) is 17.4 Å². The monoisotopic (exact) mass is 377 g/mol. The molecule has 1 aromatic carbocycles. The van der Waals surface area contributed by atoms with Crippen LogP contribution < -0.4 is 5.32 Å². The summed E-state index contributed by atoms with van der Waals surface area (Å²) in [5, 5.41) is 5.69. The van der Waals surface area contributed by atoms with E-state index in [0.29, 0.717) is 0 Å². The minimum Gasteiger partial charge on any atom is -0.336 e. The van der Waals surface area contributed by atoms with Gasteiger partial charge >= 0.3 is 0 Å². The van der Waals surface area contributed by atoms with Crippen molar-refractivity contribution in [1.82, 2.24) is 4.90 Å². The molecule has 0 fully saturated rings.